The summed E-state index contributed by atoms with van der Waals surface area (Å²) in [6.07, 6.45) is 2.36. The van der Waals surface area contributed by atoms with Crippen molar-refractivity contribution in [1.29, 1.82) is 0 Å². The second-order valence-electron chi connectivity index (χ2n) is 5.40. The van der Waals surface area contributed by atoms with Crippen molar-refractivity contribution >= 4 is 6.08 Å². The number of hydrogen-bond donors (Lipinski definition) is 1. The number of hydrogen-bond acceptors (Lipinski definition) is 1. The molecule has 0 heterocycles. The SMILES string of the molecule is CCC(=Cc1c(F)cccc1F)CNC(C)(C)C. The molecule has 0 radical (unpaired) electrons. The molecule has 0 saturated carbocycles. The highest BCUT2D eigenvalue weighted by Crippen LogP contribution is 2.17. The molecule has 0 aliphatic carbocycles. The van der Waals surface area contributed by atoms with E-state index in [-0.39, 0.29) is 11.1 Å². The number of nitrogens with one attached hydrogen (secondary N) is 1. The number of benzene rings is 1. The van der Waals surface area contributed by atoms with E-state index in [1.165, 1.54) is 18.2 Å². The van der Waals surface area contributed by atoms with E-state index >= 15 is 0 Å². The minimum atomic E-state index is -0.517. The molecule has 0 aromatic heterocycles. The average molecular weight is 253 g/mol. The standard InChI is InChI=1S/C15H21F2N/c1-5-11(10-18-15(2,3)4)9-12-13(16)7-6-8-14(12)17/h6-9,18H,5,10H2,1-4H3. The van der Waals surface area contributed by atoms with E-state index < -0.39 is 11.6 Å². The van der Waals surface area contributed by atoms with Crippen LogP contribution in [0.5, 0.6) is 0 Å². The highest BCUT2D eigenvalue weighted by atomic mass is 19.1. The van der Waals surface area contributed by atoms with Crippen LogP contribution in [-0.2, 0) is 0 Å². The van der Waals surface area contributed by atoms with Crippen molar-refractivity contribution in [1.82, 2.24) is 5.32 Å². The van der Waals surface area contributed by atoms with Crippen LogP contribution in [0.4, 0.5) is 8.78 Å². The zero-order valence-corrected chi connectivity index (χ0v) is 11.5. The molecular formula is C15H21F2N. The molecule has 0 amide bonds. The Bertz CT molecular complexity index is 410. The van der Waals surface area contributed by atoms with Crippen molar-refractivity contribution in [2.24, 2.45) is 0 Å². The summed E-state index contributed by atoms with van der Waals surface area (Å²) in [5.74, 6) is -1.03. The predicted molar refractivity (Wildman–Crippen MR) is 72.4 cm³/mol. The summed E-state index contributed by atoms with van der Waals surface area (Å²) >= 11 is 0. The molecule has 1 aromatic rings. The van der Waals surface area contributed by atoms with Crippen molar-refractivity contribution < 1.29 is 8.78 Å². The van der Waals surface area contributed by atoms with Gasteiger partial charge in [0.15, 0.2) is 0 Å². The smallest absolute Gasteiger partial charge is 0.133 e. The van der Waals surface area contributed by atoms with Gasteiger partial charge in [-0.25, -0.2) is 8.78 Å². The van der Waals surface area contributed by atoms with E-state index in [1.54, 1.807) is 6.08 Å². The first kappa shape index (κ1) is 14.8. The van der Waals surface area contributed by atoms with Crippen molar-refractivity contribution in [3.8, 4) is 0 Å². The van der Waals surface area contributed by atoms with Gasteiger partial charge in [-0.3, -0.25) is 0 Å². The summed E-state index contributed by atoms with van der Waals surface area (Å²) in [5, 5.41) is 3.32. The summed E-state index contributed by atoms with van der Waals surface area (Å²) < 4.78 is 27.0. The third-order valence-electron chi connectivity index (χ3n) is 2.65. The molecule has 0 fully saturated rings. The van der Waals surface area contributed by atoms with Gasteiger partial charge >= 0.3 is 0 Å². The van der Waals surface area contributed by atoms with Crippen LogP contribution in [0.1, 0.15) is 39.7 Å². The minimum absolute atomic E-state index is 0.0119. The first-order valence-electron chi connectivity index (χ1n) is 6.22. The Morgan fingerprint density at radius 2 is 1.78 bits per heavy atom. The molecule has 1 N–H and O–H groups in total. The minimum Gasteiger partial charge on any atom is -0.308 e. The van der Waals surface area contributed by atoms with Crippen molar-refractivity contribution in [2.45, 2.75) is 39.7 Å². The fourth-order valence-electron chi connectivity index (χ4n) is 1.51. The third kappa shape index (κ3) is 4.57. The highest BCUT2D eigenvalue weighted by molar-refractivity contribution is 5.54. The molecule has 1 aromatic carbocycles. The lowest BCUT2D eigenvalue weighted by molar-refractivity contribution is 0.443. The van der Waals surface area contributed by atoms with Crippen LogP contribution in [0, 0.1) is 11.6 Å². The molecule has 0 bridgehead atoms. The molecular weight excluding hydrogens is 232 g/mol. The van der Waals surface area contributed by atoms with E-state index in [1.807, 2.05) is 6.92 Å². The van der Waals surface area contributed by atoms with Crippen LogP contribution in [0.2, 0.25) is 0 Å². The Kier molecular flexibility index (Phi) is 5.03. The largest absolute Gasteiger partial charge is 0.308 e. The molecule has 0 atom stereocenters. The van der Waals surface area contributed by atoms with E-state index in [2.05, 4.69) is 26.1 Å². The van der Waals surface area contributed by atoms with E-state index in [9.17, 15) is 8.78 Å². The Balaban J connectivity index is 2.91. The lowest BCUT2D eigenvalue weighted by Gasteiger charge is -2.21. The molecule has 0 saturated heterocycles. The molecule has 0 aliphatic rings. The topological polar surface area (TPSA) is 12.0 Å². The van der Waals surface area contributed by atoms with Crippen molar-refractivity contribution in [3.63, 3.8) is 0 Å². The Labute approximate surface area is 108 Å². The molecule has 0 unspecified atom stereocenters. The van der Waals surface area contributed by atoms with Gasteiger partial charge in [0.05, 0.1) is 0 Å². The van der Waals surface area contributed by atoms with E-state index in [0.29, 0.717) is 6.54 Å². The van der Waals surface area contributed by atoms with Gasteiger partial charge in [0, 0.05) is 17.6 Å². The van der Waals surface area contributed by atoms with Gasteiger partial charge in [0.2, 0.25) is 0 Å². The molecule has 1 nitrogen and oxygen atoms in total. The lowest BCUT2D eigenvalue weighted by atomic mass is 10.0. The van der Waals surface area contributed by atoms with Gasteiger partial charge in [-0.1, -0.05) is 18.6 Å². The normalized spacial score (nSPS) is 12.9. The first-order chi connectivity index (χ1) is 8.33. The number of rotatable bonds is 4. The second-order valence-corrected chi connectivity index (χ2v) is 5.40. The highest BCUT2D eigenvalue weighted by Gasteiger charge is 2.10. The fraction of sp³-hybridized carbons (Fsp3) is 0.467. The van der Waals surface area contributed by atoms with Gasteiger partial charge in [-0.05, 0) is 45.4 Å². The predicted octanol–water partition coefficient (Wildman–Crippen LogP) is 4.15. The van der Waals surface area contributed by atoms with Gasteiger partial charge < -0.3 is 5.32 Å². The monoisotopic (exact) mass is 253 g/mol. The molecule has 18 heavy (non-hydrogen) atoms. The van der Waals surface area contributed by atoms with Gasteiger partial charge in [-0.15, -0.1) is 0 Å². The van der Waals surface area contributed by atoms with Crippen LogP contribution in [0.15, 0.2) is 23.8 Å². The molecule has 0 spiro atoms. The molecule has 1 rings (SSSR count). The maximum atomic E-state index is 13.5. The van der Waals surface area contributed by atoms with E-state index in [4.69, 9.17) is 0 Å². The van der Waals surface area contributed by atoms with Crippen molar-refractivity contribution in [2.75, 3.05) is 6.54 Å². The zero-order chi connectivity index (χ0) is 13.8. The third-order valence-corrected chi connectivity index (χ3v) is 2.65. The molecule has 0 aliphatic heterocycles. The van der Waals surface area contributed by atoms with Crippen LogP contribution >= 0.6 is 0 Å². The summed E-state index contributed by atoms with van der Waals surface area (Å²) in [4.78, 5) is 0. The number of halogens is 2. The Hall–Kier alpha value is -1.22. The Morgan fingerprint density at radius 1 is 1.22 bits per heavy atom. The van der Waals surface area contributed by atoms with Gasteiger partial charge in [0.1, 0.15) is 11.6 Å². The maximum absolute atomic E-state index is 13.5. The van der Waals surface area contributed by atoms with E-state index in [0.717, 1.165) is 12.0 Å². The summed E-state index contributed by atoms with van der Waals surface area (Å²) in [6, 6.07) is 3.93. The summed E-state index contributed by atoms with van der Waals surface area (Å²) in [6.45, 7) is 8.79. The zero-order valence-electron chi connectivity index (χ0n) is 11.5. The quantitative estimate of drug-likeness (QED) is 0.850. The van der Waals surface area contributed by atoms with Gasteiger partial charge in [-0.2, -0.15) is 0 Å². The van der Waals surface area contributed by atoms with Crippen LogP contribution in [0.25, 0.3) is 6.08 Å². The van der Waals surface area contributed by atoms with Crippen LogP contribution in [0.3, 0.4) is 0 Å². The average Bonchev–Trinajstić information content (AvgIpc) is 2.26. The summed E-state index contributed by atoms with van der Waals surface area (Å²) in [7, 11) is 0. The molecule has 100 valence electrons. The van der Waals surface area contributed by atoms with Crippen LogP contribution < -0.4 is 5.32 Å². The maximum Gasteiger partial charge on any atom is 0.133 e. The summed E-state index contributed by atoms with van der Waals surface area (Å²) in [5.41, 5.74) is 1.01. The second kappa shape index (κ2) is 6.10. The first-order valence-corrected chi connectivity index (χ1v) is 6.22. The molecule has 3 heteroatoms. The lowest BCUT2D eigenvalue weighted by Crippen LogP contribution is -2.37. The Morgan fingerprint density at radius 3 is 2.22 bits per heavy atom. The van der Waals surface area contributed by atoms with Crippen molar-refractivity contribution in [3.05, 3.63) is 41.0 Å². The van der Waals surface area contributed by atoms with Gasteiger partial charge in [0.25, 0.3) is 0 Å². The fourth-order valence-corrected chi connectivity index (χ4v) is 1.51. The van der Waals surface area contributed by atoms with Crippen LogP contribution in [-0.4, -0.2) is 12.1 Å².